The number of carbonyl (C=O) groups excluding carboxylic acids is 1. The van der Waals surface area contributed by atoms with Crippen LogP contribution in [-0.2, 0) is 10.0 Å². The fourth-order valence-electron chi connectivity index (χ4n) is 4.79. The maximum absolute atomic E-state index is 13.6. The van der Waals surface area contributed by atoms with Gasteiger partial charge in [0.2, 0.25) is 10.0 Å². The van der Waals surface area contributed by atoms with Crippen molar-refractivity contribution in [2.75, 3.05) is 39.1 Å². The molecule has 10 heteroatoms. The number of carbonyl (C=O) groups is 1. The number of sulfonamides is 1. The van der Waals surface area contributed by atoms with Crippen LogP contribution in [0.25, 0.3) is 10.2 Å². The molecule has 0 saturated heterocycles. The van der Waals surface area contributed by atoms with Crippen LogP contribution >= 0.6 is 23.7 Å². The van der Waals surface area contributed by atoms with Gasteiger partial charge in [-0.05, 0) is 82.2 Å². The first-order valence-corrected chi connectivity index (χ1v) is 14.8. The lowest BCUT2D eigenvalue weighted by Crippen LogP contribution is -2.38. The Bertz CT molecular complexity index is 1330. The van der Waals surface area contributed by atoms with E-state index in [1.54, 1.807) is 36.2 Å². The van der Waals surface area contributed by atoms with Crippen LogP contribution in [0, 0.1) is 13.8 Å². The molecule has 2 aromatic carbocycles. The molecule has 0 N–H and O–H groups in total. The second kappa shape index (κ2) is 12.2. The summed E-state index contributed by atoms with van der Waals surface area (Å²) in [6, 6.07) is 10.6. The van der Waals surface area contributed by atoms with Crippen molar-refractivity contribution in [2.24, 2.45) is 0 Å². The largest absolute Gasteiger partial charge is 0.308 e. The maximum atomic E-state index is 13.6. The molecule has 1 amide bonds. The fraction of sp³-hybridized carbons (Fsp3) is 0.481. The van der Waals surface area contributed by atoms with E-state index < -0.39 is 10.0 Å². The van der Waals surface area contributed by atoms with Crippen molar-refractivity contribution < 1.29 is 13.2 Å². The minimum atomic E-state index is -3.61. The number of fused-ring (bicyclic) bond motifs is 1. The molecule has 1 heterocycles. The second-order valence-corrected chi connectivity index (χ2v) is 13.0. The molecular formula is C27H37ClN4O3S2. The van der Waals surface area contributed by atoms with Gasteiger partial charge in [-0.25, -0.2) is 13.4 Å². The zero-order valence-corrected chi connectivity index (χ0v) is 24.7. The molecule has 37 heavy (non-hydrogen) atoms. The Balaban J connectivity index is 0.00000380. The molecule has 4 rings (SSSR count). The summed E-state index contributed by atoms with van der Waals surface area (Å²) >= 11 is 1.51. The second-order valence-electron chi connectivity index (χ2n) is 10.0. The summed E-state index contributed by atoms with van der Waals surface area (Å²) in [5, 5.41) is 0.652. The molecule has 1 saturated carbocycles. The van der Waals surface area contributed by atoms with Gasteiger partial charge in [0.25, 0.3) is 5.91 Å². The summed E-state index contributed by atoms with van der Waals surface area (Å²) in [5.41, 5.74) is 3.61. The SMILES string of the molecule is Cc1cc(C)c2nc(N(CCN(C)C)C(=O)c3ccc(S(=O)(=O)N(C)C4CCCCC4)cc3)sc2c1.Cl. The molecular weight excluding hydrogens is 528 g/mol. The molecule has 202 valence electrons. The normalized spacial score (nSPS) is 14.8. The van der Waals surface area contributed by atoms with Gasteiger partial charge < -0.3 is 4.90 Å². The predicted molar refractivity (Wildman–Crippen MR) is 155 cm³/mol. The van der Waals surface area contributed by atoms with Gasteiger partial charge >= 0.3 is 0 Å². The first kappa shape index (κ1) is 29.5. The molecule has 0 unspecified atom stereocenters. The molecule has 0 radical (unpaired) electrons. The van der Waals surface area contributed by atoms with E-state index in [9.17, 15) is 13.2 Å². The highest BCUT2D eigenvalue weighted by atomic mass is 35.5. The predicted octanol–water partition coefficient (Wildman–Crippen LogP) is 5.50. The lowest BCUT2D eigenvalue weighted by Gasteiger charge is -2.30. The van der Waals surface area contributed by atoms with Gasteiger partial charge in [0.1, 0.15) is 0 Å². The molecule has 3 aromatic rings. The summed E-state index contributed by atoms with van der Waals surface area (Å²) in [5.74, 6) is -0.185. The first-order chi connectivity index (χ1) is 17.1. The average molecular weight is 565 g/mol. The Morgan fingerprint density at radius 1 is 1.00 bits per heavy atom. The van der Waals surface area contributed by atoms with E-state index in [1.165, 1.54) is 22.1 Å². The number of likely N-dealkylation sites (N-methyl/N-ethyl adjacent to an activating group) is 1. The van der Waals surface area contributed by atoms with E-state index >= 15 is 0 Å². The number of aromatic nitrogens is 1. The average Bonchev–Trinajstić information content (AvgIpc) is 3.28. The third-order valence-electron chi connectivity index (χ3n) is 6.93. The molecule has 0 spiro atoms. The minimum Gasteiger partial charge on any atom is -0.308 e. The van der Waals surface area contributed by atoms with Crippen LogP contribution in [0.3, 0.4) is 0 Å². The zero-order chi connectivity index (χ0) is 26.0. The summed E-state index contributed by atoms with van der Waals surface area (Å²) < 4.78 is 29.0. The van der Waals surface area contributed by atoms with Crippen molar-refractivity contribution in [3.8, 4) is 0 Å². The first-order valence-electron chi connectivity index (χ1n) is 12.5. The Labute approximate surface area is 230 Å². The van der Waals surface area contributed by atoms with Gasteiger partial charge in [-0.1, -0.05) is 36.7 Å². The monoisotopic (exact) mass is 564 g/mol. The number of halogens is 1. The minimum absolute atomic E-state index is 0. The van der Waals surface area contributed by atoms with E-state index in [4.69, 9.17) is 4.98 Å². The van der Waals surface area contributed by atoms with Crippen molar-refractivity contribution in [1.29, 1.82) is 0 Å². The van der Waals surface area contributed by atoms with Crippen LogP contribution in [-0.4, -0.2) is 68.8 Å². The molecule has 0 aliphatic heterocycles. The zero-order valence-electron chi connectivity index (χ0n) is 22.2. The lowest BCUT2D eigenvalue weighted by molar-refractivity contribution is 0.0985. The van der Waals surface area contributed by atoms with Crippen LogP contribution in [0.4, 0.5) is 5.13 Å². The van der Waals surface area contributed by atoms with Crippen LogP contribution in [0.1, 0.15) is 53.6 Å². The summed E-state index contributed by atoms with van der Waals surface area (Å²) in [7, 11) is 2.00. The maximum Gasteiger partial charge on any atom is 0.260 e. The van der Waals surface area contributed by atoms with Gasteiger partial charge in [-0.3, -0.25) is 9.69 Å². The third kappa shape index (κ3) is 6.52. The number of hydrogen-bond donors (Lipinski definition) is 0. The number of benzene rings is 2. The van der Waals surface area contributed by atoms with Crippen molar-refractivity contribution in [2.45, 2.75) is 56.9 Å². The van der Waals surface area contributed by atoms with Gasteiger partial charge in [0.15, 0.2) is 5.13 Å². The van der Waals surface area contributed by atoms with E-state index in [2.05, 4.69) is 19.1 Å². The van der Waals surface area contributed by atoms with Crippen LogP contribution < -0.4 is 4.90 Å². The van der Waals surface area contributed by atoms with Crippen molar-refractivity contribution in [3.63, 3.8) is 0 Å². The molecule has 1 aliphatic rings. The lowest BCUT2D eigenvalue weighted by atomic mass is 9.96. The van der Waals surface area contributed by atoms with Gasteiger partial charge in [-0.15, -0.1) is 12.4 Å². The highest BCUT2D eigenvalue weighted by Gasteiger charge is 2.29. The quantitative estimate of drug-likeness (QED) is 0.361. The van der Waals surface area contributed by atoms with E-state index in [1.807, 2.05) is 25.9 Å². The third-order valence-corrected chi connectivity index (χ3v) is 9.88. The van der Waals surface area contributed by atoms with Crippen molar-refractivity contribution >= 4 is 55.0 Å². The molecule has 1 aliphatic carbocycles. The number of aryl methyl sites for hydroxylation is 2. The van der Waals surface area contributed by atoms with Crippen LogP contribution in [0.15, 0.2) is 41.3 Å². The summed E-state index contributed by atoms with van der Waals surface area (Å²) in [6.07, 6.45) is 5.08. The number of amides is 1. The van der Waals surface area contributed by atoms with E-state index in [0.29, 0.717) is 23.8 Å². The van der Waals surface area contributed by atoms with Gasteiger partial charge in [0.05, 0.1) is 15.1 Å². The van der Waals surface area contributed by atoms with E-state index in [0.717, 1.165) is 47.0 Å². The molecule has 1 fully saturated rings. The van der Waals surface area contributed by atoms with Crippen LogP contribution in [0.2, 0.25) is 0 Å². The van der Waals surface area contributed by atoms with Gasteiger partial charge in [-0.2, -0.15) is 4.31 Å². The number of hydrogen-bond acceptors (Lipinski definition) is 6. The Morgan fingerprint density at radius 2 is 1.65 bits per heavy atom. The Morgan fingerprint density at radius 3 is 2.27 bits per heavy atom. The molecule has 0 bridgehead atoms. The standard InChI is InChI=1S/C27H36N4O3S2.ClH/c1-19-17-20(2)25-24(18-19)35-27(28-25)31(16-15-29(3)4)26(32)21-11-13-23(14-12-21)36(33,34)30(5)22-9-7-6-8-10-22;/h11-14,17-18,22H,6-10,15-16H2,1-5H3;1H. The topological polar surface area (TPSA) is 73.8 Å². The summed E-state index contributed by atoms with van der Waals surface area (Å²) in [4.78, 5) is 22.4. The van der Waals surface area contributed by atoms with E-state index in [-0.39, 0.29) is 29.3 Å². The molecule has 1 aromatic heterocycles. The van der Waals surface area contributed by atoms with Crippen LogP contribution in [0.5, 0.6) is 0 Å². The molecule has 7 nitrogen and oxygen atoms in total. The Hall–Kier alpha value is -2.04. The number of rotatable bonds is 8. The van der Waals surface area contributed by atoms with Crippen molar-refractivity contribution in [3.05, 3.63) is 53.1 Å². The highest BCUT2D eigenvalue weighted by molar-refractivity contribution is 7.89. The number of thiazole rings is 1. The van der Waals surface area contributed by atoms with Gasteiger partial charge in [0, 0.05) is 31.7 Å². The summed E-state index contributed by atoms with van der Waals surface area (Å²) in [6.45, 7) is 5.25. The smallest absolute Gasteiger partial charge is 0.260 e. The Kier molecular flexibility index (Phi) is 9.74. The molecule has 0 atom stereocenters. The van der Waals surface area contributed by atoms with Crippen molar-refractivity contribution in [1.82, 2.24) is 14.2 Å². The highest BCUT2D eigenvalue weighted by Crippen LogP contribution is 2.33. The fourth-order valence-corrected chi connectivity index (χ4v) is 7.37. The number of nitrogens with zero attached hydrogens (tertiary/aromatic N) is 4. The number of anilines is 1.